The second kappa shape index (κ2) is 35.3. The first-order valence-electron chi connectivity index (χ1n) is 55.2. The van der Waals surface area contributed by atoms with Crippen molar-refractivity contribution in [3.63, 3.8) is 0 Å². The molecule has 2 aliphatic rings. The van der Waals surface area contributed by atoms with E-state index in [0.717, 1.165) is 169 Å². The fourth-order valence-electron chi connectivity index (χ4n) is 21.8. The molecule has 2 aliphatic heterocycles. The van der Waals surface area contributed by atoms with E-state index >= 15 is 0 Å². The van der Waals surface area contributed by atoms with E-state index < -0.39 is 6.71 Å². The van der Waals surface area contributed by atoms with E-state index in [2.05, 4.69) is 549 Å². The summed E-state index contributed by atoms with van der Waals surface area (Å²) in [4.78, 5) is 28.9. The third-order valence-electron chi connectivity index (χ3n) is 31.7. The average molecular weight is 1980 g/mol. The molecule has 0 unspecified atom stereocenters. The van der Waals surface area contributed by atoms with Gasteiger partial charge in [0, 0.05) is 167 Å². The Morgan fingerprint density at radius 3 is 0.651 bits per heavy atom. The van der Waals surface area contributed by atoms with Crippen molar-refractivity contribution in [3.8, 4) is 67.0 Å². The molecule has 0 amide bonds. The van der Waals surface area contributed by atoms with Crippen molar-refractivity contribution in [1.82, 2.24) is 29.1 Å². The summed E-state index contributed by atoms with van der Waals surface area (Å²) in [5.74, 6) is 0. The zero-order valence-corrected chi connectivity index (χ0v) is 99.4. The summed E-state index contributed by atoms with van der Waals surface area (Å²) in [6.07, 6.45) is 0. The van der Waals surface area contributed by atoms with E-state index in [9.17, 15) is 0 Å². The summed E-state index contributed by atoms with van der Waals surface area (Å²) in [6.45, 7) is 106. The Hall–Kier alpha value is -11.9. The van der Waals surface area contributed by atoms with Crippen LogP contribution in [0.5, 0.6) is 0 Å². The zero-order chi connectivity index (χ0) is 109. The highest BCUT2D eigenvalue weighted by Crippen LogP contribution is 2.58. The number of pyridine rings is 4. The number of anilines is 6. The van der Waals surface area contributed by atoms with Crippen LogP contribution in [-0.4, -0.2) is 35.8 Å². The van der Waals surface area contributed by atoms with Gasteiger partial charge >= 0.3 is 0 Å². The van der Waals surface area contributed by atoms with Crippen LogP contribution < -0.4 is 26.2 Å². The first-order chi connectivity index (χ1) is 68.3. The van der Waals surface area contributed by atoms with Gasteiger partial charge in [-0.1, -0.05) is 384 Å². The summed E-state index contributed by atoms with van der Waals surface area (Å²) < 4.78 is 5.23. The van der Waals surface area contributed by atoms with Crippen LogP contribution in [0.2, 0.25) is 0 Å². The fourth-order valence-corrected chi connectivity index (χ4v) is 21.8. The predicted octanol–water partition coefficient (Wildman–Crippen LogP) is 37.3. The standard InChI is InChI=1S/C140H171BN8/c1-126(2,3)88-49-57-107-101(74-88)102-75-89(127(4,5)6)50-58-108(102)146(107)95-53-55-105-111(80-95)148(124-97(84-65-115(133(22,23)24)142-116(66-84)134(25,26)27)47-46-48-98(124)85-67-117(135(28,29)30)143-118(68-85)136(31,32)33)113-63-83(82-61-92(130(13,14)15)73-93(62-82)131(16,17)18)64-114-123(113)141(105)106-56-54-96(147-109-59-51-90(128(7,8)9)76-103(109)104-77-91(129(10,11)12)52-60-110(104)147)81-112(106)149(114)125-99(86-69-119(137(34,35)36)144-120(70-86)138(37,38)39)78-94(132(19,20)21)79-100(125)87-71-121(139(40,41)42)145-122(72-87)140(43,44)45/h46-81H,1-45H3. The van der Waals surface area contributed by atoms with E-state index in [-0.39, 0.29) is 81.2 Å². The van der Waals surface area contributed by atoms with Gasteiger partial charge in [-0.2, -0.15) is 0 Å². The molecule has 0 spiro atoms. The van der Waals surface area contributed by atoms with E-state index in [1.807, 2.05) is 0 Å². The van der Waals surface area contributed by atoms with Gasteiger partial charge in [-0.3, -0.25) is 19.9 Å². The van der Waals surface area contributed by atoms with E-state index in [1.54, 1.807) is 0 Å². The Kier molecular flexibility index (Phi) is 25.3. The molecule has 16 aromatic rings. The number of fused-ring (bicyclic) bond motifs is 10. The van der Waals surface area contributed by atoms with Gasteiger partial charge in [0.05, 0.1) is 33.4 Å². The molecule has 0 aliphatic carbocycles. The minimum Gasteiger partial charge on any atom is -0.310 e. The normalized spacial score (nSPS) is 14.2. The van der Waals surface area contributed by atoms with Gasteiger partial charge in [-0.15, -0.1) is 0 Å². The summed E-state index contributed by atoms with van der Waals surface area (Å²) in [7, 11) is 0. The minimum atomic E-state index is -0.427. The molecule has 10 aromatic carbocycles. The first kappa shape index (κ1) is 107. The lowest BCUT2D eigenvalue weighted by Crippen LogP contribution is -2.61. The third kappa shape index (κ3) is 20.0. The highest BCUT2D eigenvalue weighted by molar-refractivity contribution is 7.00. The number of benzene rings is 10. The van der Waals surface area contributed by atoms with Crippen molar-refractivity contribution in [2.24, 2.45) is 0 Å². The quantitative estimate of drug-likeness (QED) is 0.134. The molecule has 0 fully saturated rings. The molecule has 0 bridgehead atoms. The smallest absolute Gasteiger partial charge is 0.252 e. The maximum atomic E-state index is 5.83. The monoisotopic (exact) mass is 1980 g/mol. The molecule has 8 heterocycles. The van der Waals surface area contributed by atoms with Crippen LogP contribution in [-0.2, 0) is 81.2 Å². The third-order valence-corrected chi connectivity index (χ3v) is 31.7. The summed E-state index contributed by atoms with van der Waals surface area (Å²) in [5.41, 5.74) is 40.8. The van der Waals surface area contributed by atoms with E-state index in [4.69, 9.17) is 19.9 Å². The Bertz CT molecular complexity index is 7600. The highest BCUT2D eigenvalue weighted by atomic mass is 15.2. The van der Waals surface area contributed by atoms with Crippen LogP contribution in [0, 0.1) is 0 Å². The largest absolute Gasteiger partial charge is 0.310 e. The average Bonchev–Trinajstić information content (AvgIpc) is 1.12. The molecule has 9 heteroatoms. The summed E-state index contributed by atoms with van der Waals surface area (Å²) in [5, 5.41) is 4.95. The number of nitrogens with zero attached hydrogens (tertiary/aromatic N) is 8. The van der Waals surface area contributed by atoms with Gasteiger partial charge in [0.1, 0.15) is 0 Å². The molecule has 149 heavy (non-hydrogen) atoms. The zero-order valence-electron chi connectivity index (χ0n) is 99.4. The van der Waals surface area contributed by atoms with Crippen molar-refractivity contribution < 1.29 is 0 Å². The number of hydrogen-bond donors (Lipinski definition) is 0. The molecule has 18 rings (SSSR count). The lowest BCUT2D eigenvalue weighted by molar-refractivity contribution is 0.531. The van der Waals surface area contributed by atoms with Crippen molar-refractivity contribution >= 4 is 101 Å². The van der Waals surface area contributed by atoms with Gasteiger partial charge in [-0.05, 0) is 272 Å². The molecule has 0 saturated heterocycles. The molecule has 774 valence electrons. The lowest BCUT2D eigenvalue weighted by atomic mass is 9.33. The fraction of sp³-hybridized carbons (Fsp3) is 0.429. The molecule has 0 atom stereocenters. The summed E-state index contributed by atoms with van der Waals surface area (Å²) >= 11 is 0. The van der Waals surface area contributed by atoms with Gasteiger partial charge in [0.25, 0.3) is 6.71 Å². The Morgan fingerprint density at radius 1 is 0.181 bits per heavy atom. The number of rotatable bonds is 9. The van der Waals surface area contributed by atoms with Crippen LogP contribution in [0.3, 0.4) is 0 Å². The van der Waals surface area contributed by atoms with Gasteiger partial charge in [0.2, 0.25) is 0 Å². The van der Waals surface area contributed by atoms with Crippen molar-refractivity contribution in [1.29, 1.82) is 0 Å². The van der Waals surface area contributed by atoms with Crippen molar-refractivity contribution in [3.05, 3.63) is 303 Å². The van der Waals surface area contributed by atoms with Crippen LogP contribution in [0.4, 0.5) is 34.1 Å². The molecule has 6 aromatic heterocycles. The second-order valence-corrected chi connectivity index (χ2v) is 59.8. The van der Waals surface area contributed by atoms with Crippen molar-refractivity contribution in [2.75, 3.05) is 9.80 Å². The van der Waals surface area contributed by atoms with Gasteiger partial charge < -0.3 is 18.9 Å². The topological polar surface area (TPSA) is 67.9 Å². The molecule has 8 nitrogen and oxygen atoms in total. The Morgan fingerprint density at radius 2 is 0.409 bits per heavy atom. The van der Waals surface area contributed by atoms with Crippen LogP contribution in [0.1, 0.15) is 396 Å². The molecule has 0 radical (unpaired) electrons. The van der Waals surface area contributed by atoms with E-state index in [1.165, 1.54) is 76.9 Å². The van der Waals surface area contributed by atoms with E-state index in [0.29, 0.717) is 0 Å². The summed E-state index contributed by atoms with van der Waals surface area (Å²) in [6, 6.07) is 89.9. The first-order valence-corrected chi connectivity index (χ1v) is 55.2. The van der Waals surface area contributed by atoms with Crippen LogP contribution in [0.25, 0.3) is 111 Å². The van der Waals surface area contributed by atoms with Gasteiger partial charge in [0.15, 0.2) is 0 Å². The molecule has 0 saturated carbocycles. The molecular weight excluding hydrogens is 1800 g/mol. The minimum absolute atomic E-state index is 0.127. The Balaban J connectivity index is 1.15. The number of aromatic nitrogens is 6. The predicted molar refractivity (Wildman–Crippen MR) is 648 cm³/mol. The SMILES string of the molecule is CC(C)(C)c1cc(-c2cc3c4c(c2)N(c2c(-c5cc(C(C)(C)C)nc(C(C)(C)C)c5)cc(C(C)(C)C)cc2-c2cc(C(C)(C)C)nc(C(C)(C)C)c2)c2cc(-n5c6ccc(C(C)(C)C)cc6c6cc(C(C)(C)C)ccc65)ccc2B4c2ccc(-n4c5ccc(C(C)(C)C)cc5c5cc(C(C)(C)C)ccc54)cc2N3c2c(-c3cc(C(C)(C)C)nc(C(C)(C)C)c3)cccc2-c2cc(C(C)(C)C)nc(C(C)(C)C)c2)cc(C(C)(C)C)c1. The maximum Gasteiger partial charge on any atom is 0.252 e. The second-order valence-electron chi connectivity index (χ2n) is 59.8. The van der Waals surface area contributed by atoms with Crippen molar-refractivity contribution in [2.45, 2.75) is 393 Å². The number of hydrogen-bond acceptors (Lipinski definition) is 6. The molecular formula is C140H171BN8. The van der Waals surface area contributed by atoms with Crippen LogP contribution >= 0.6 is 0 Å². The molecule has 0 N–H and O–H groups in total. The number of para-hydroxylation sites is 1. The maximum absolute atomic E-state index is 5.83. The highest BCUT2D eigenvalue weighted by Gasteiger charge is 2.48. The Labute approximate surface area is 896 Å². The van der Waals surface area contributed by atoms with Gasteiger partial charge in [-0.25, -0.2) is 0 Å². The van der Waals surface area contributed by atoms with Crippen LogP contribution in [0.15, 0.2) is 218 Å². The lowest BCUT2D eigenvalue weighted by Gasteiger charge is -2.46.